The van der Waals surface area contributed by atoms with Gasteiger partial charge in [0.15, 0.2) is 5.16 Å². The van der Waals surface area contributed by atoms with Gasteiger partial charge in [0.05, 0.1) is 29.1 Å². The van der Waals surface area contributed by atoms with E-state index in [4.69, 9.17) is 26.1 Å². The summed E-state index contributed by atoms with van der Waals surface area (Å²) in [5, 5.41) is 1.04. The zero-order chi connectivity index (χ0) is 24.1. The maximum absolute atomic E-state index is 14.3. The Morgan fingerprint density at radius 2 is 2.03 bits per heavy atom. The standard InChI is InChI=1S/C23H27ClFN3O4S2/c1-2-31-12-4-9-28-22-8-7-17(34(29,30)27-10-13-32-14-11-27)15-21(22)26-23(28)33-16-18-19(24)5-3-6-20(18)25/h3,5-8,15H,2,4,9-14,16H2,1H3. The van der Waals surface area contributed by atoms with Gasteiger partial charge in [-0.3, -0.25) is 0 Å². The van der Waals surface area contributed by atoms with Crippen LogP contribution in [0.3, 0.4) is 0 Å². The Labute approximate surface area is 208 Å². The van der Waals surface area contributed by atoms with Crippen LogP contribution in [0.4, 0.5) is 4.39 Å². The van der Waals surface area contributed by atoms with E-state index in [-0.39, 0.29) is 10.7 Å². The van der Waals surface area contributed by atoms with Crippen molar-refractivity contribution in [2.75, 3.05) is 39.5 Å². The molecule has 1 aliphatic rings. The fraction of sp³-hybridized carbons (Fsp3) is 0.435. The van der Waals surface area contributed by atoms with Crippen molar-refractivity contribution in [1.29, 1.82) is 0 Å². The summed E-state index contributed by atoms with van der Waals surface area (Å²) < 4.78 is 54.7. The van der Waals surface area contributed by atoms with Crippen LogP contribution in [0.1, 0.15) is 18.9 Å². The van der Waals surface area contributed by atoms with Crippen LogP contribution >= 0.6 is 23.4 Å². The summed E-state index contributed by atoms with van der Waals surface area (Å²) in [5.74, 6) is -0.0583. The predicted molar refractivity (Wildman–Crippen MR) is 131 cm³/mol. The molecule has 3 aromatic rings. The number of hydrogen-bond donors (Lipinski definition) is 0. The normalized spacial score (nSPS) is 15.3. The largest absolute Gasteiger partial charge is 0.382 e. The molecule has 1 aliphatic heterocycles. The summed E-state index contributed by atoms with van der Waals surface area (Å²) in [6.45, 7) is 5.25. The van der Waals surface area contributed by atoms with Crippen molar-refractivity contribution in [3.63, 3.8) is 0 Å². The van der Waals surface area contributed by atoms with Crippen molar-refractivity contribution in [3.05, 3.63) is 52.8 Å². The van der Waals surface area contributed by atoms with Crippen LogP contribution < -0.4 is 0 Å². The monoisotopic (exact) mass is 527 g/mol. The molecule has 2 aromatic carbocycles. The maximum atomic E-state index is 14.3. The van der Waals surface area contributed by atoms with Crippen LogP contribution in [0.25, 0.3) is 11.0 Å². The van der Waals surface area contributed by atoms with E-state index in [9.17, 15) is 12.8 Å². The third-order valence-electron chi connectivity index (χ3n) is 5.57. The lowest BCUT2D eigenvalue weighted by atomic mass is 10.2. The highest BCUT2D eigenvalue weighted by molar-refractivity contribution is 7.98. The van der Waals surface area contributed by atoms with E-state index in [1.807, 2.05) is 11.5 Å². The molecular formula is C23H27ClFN3O4S2. The third kappa shape index (κ3) is 5.58. The zero-order valence-corrected chi connectivity index (χ0v) is 21.3. The first-order chi connectivity index (χ1) is 16.4. The van der Waals surface area contributed by atoms with E-state index in [1.165, 1.54) is 22.1 Å². The Hall–Kier alpha value is -1.69. The SMILES string of the molecule is CCOCCCn1c(SCc2c(F)cccc2Cl)nc2cc(S(=O)(=O)N3CCOCC3)ccc21. The molecule has 184 valence electrons. The third-order valence-corrected chi connectivity index (χ3v) is 8.83. The lowest BCUT2D eigenvalue weighted by Gasteiger charge is -2.26. The Kier molecular flexibility index (Phi) is 8.49. The molecule has 2 heterocycles. The molecule has 1 saturated heterocycles. The van der Waals surface area contributed by atoms with Gasteiger partial charge in [-0.1, -0.05) is 29.4 Å². The number of morpholine rings is 1. The summed E-state index contributed by atoms with van der Waals surface area (Å²) in [6.07, 6.45) is 0.765. The number of rotatable bonds is 10. The second kappa shape index (κ2) is 11.4. The molecule has 0 amide bonds. The van der Waals surface area contributed by atoms with E-state index in [0.29, 0.717) is 73.1 Å². The fourth-order valence-electron chi connectivity index (χ4n) is 3.79. The summed E-state index contributed by atoms with van der Waals surface area (Å²) in [7, 11) is -3.64. The van der Waals surface area contributed by atoms with Crippen LogP contribution in [-0.2, 0) is 31.8 Å². The Bertz CT molecular complexity index is 1230. The first kappa shape index (κ1) is 25.4. The average molecular weight is 528 g/mol. The molecule has 0 spiro atoms. The van der Waals surface area contributed by atoms with Gasteiger partial charge in [-0.2, -0.15) is 4.31 Å². The second-order valence-electron chi connectivity index (χ2n) is 7.75. The molecule has 1 aromatic heterocycles. The van der Waals surface area contributed by atoms with Crippen molar-refractivity contribution < 1.29 is 22.3 Å². The number of benzene rings is 2. The number of imidazole rings is 1. The number of hydrogen-bond acceptors (Lipinski definition) is 6. The van der Waals surface area contributed by atoms with Crippen LogP contribution in [0.5, 0.6) is 0 Å². The summed E-state index contributed by atoms with van der Waals surface area (Å²) in [6, 6.07) is 9.64. The number of thioether (sulfide) groups is 1. The molecule has 0 aliphatic carbocycles. The number of sulfonamides is 1. The minimum Gasteiger partial charge on any atom is -0.382 e. The van der Waals surface area contributed by atoms with Crippen molar-refractivity contribution in [3.8, 4) is 0 Å². The van der Waals surface area contributed by atoms with E-state index < -0.39 is 10.0 Å². The van der Waals surface area contributed by atoms with Crippen molar-refractivity contribution in [1.82, 2.24) is 13.9 Å². The Morgan fingerprint density at radius 1 is 1.24 bits per heavy atom. The van der Waals surface area contributed by atoms with Crippen molar-refractivity contribution in [2.24, 2.45) is 0 Å². The van der Waals surface area contributed by atoms with E-state index >= 15 is 0 Å². The molecule has 0 N–H and O–H groups in total. The van der Waals surface area contributed by atoms with E-state index in [1.54, 1.807) is 30.3 Å². The molecule has 0 saturated carbocycles. The van der Waals surface area contributed by atoms with Crippen molar-refractivity contribution >= 4 is 44.4 Å². The van der Waals surface area contributed by atoms with Crippen molar-refractivity contribution in [2.45, 2.75) is 35.7 Å². The van der Waals surface area contributed by atoms with Gasteiger partial charge in [0.1, 0.15) is 5.82 Å². The lowest BCUT2D eigenvalue weighted by Crippen LogP contribution is -2.40. The Balaban J connectivity index is 1.65. The number of fused-ring (bicyclic) bond motifs is 1. The van der Waals surface area contributed by atoms with Crippen LogP contribution in [0.15, 0.2) is 46.5 Å². The highest BCUT2D eigenvalue weighted by Gasteiger charge is 2.27. The minimum absolute atomic E-state index is 0.203. The summed E-state index contributed by atoms with van der Waals surface area (Å²) >= 11 is 7.57. The van der Waals surface area contributed by atoms with E-state index in [0.717, 1.165) is 11.9 Å². The van der Waals surface area contributed by atoms with Gasteiger partial charge in [0, 0.05) is 49.2 Å². The highest BCUT2D eigenvalue weighted by Crippen LogP contribution is 2.32. The van der Waals surface area contributed by atoms with Gasteiger partial charge in [-0.15, -0.1) is 0 Å². The maximum Gasteiger partial charge on any atom is 0.243 e. The topological polar surface area (TPSA) is 73.7 Å². The van der Waals surface area contributed by atoms with Crippen LogP contribution in [-0.4, -0.2) is 61.8 Å². The lowest BCUT2D eigenvalue weighted by molar-refractivity contribution is 0.0730. The number of ether oxygens (including phenoxy) is 2. The molecule has 34 heavy (non-hydrogen) atoms. The highest BCUT2D eigenvalue weighted by atomic mass is 35.5. The number of halogens is 2. The van der Waals surface area contributed by atoms with Gasteiger partial charge in [-0.05, 0) is 43.7 Å². The number of nitrogens with zero attached hydrogens (tertiary/aromatic N) is 3. The molecule has 7 nitrogen and oxygen atoms in total. The average Bonchev–Trinajstić information content (AvgIpc) is 3.18. The van der Waals surface area contributed by atoms with Gasteiger partial charge in [-0.25, -0.2) is 17.8 Å². The van der Waals surface area contributed by atoms with Crippen LogP contribution in [0, 0.1) is 5.82 Å². The molecule has 1 fully saturated rings. The van der Waals surface area contributed by atoms with E-state index in [2.05, 4.69) is 0 Å². The molecule has 0 unspecified atom stereocenters. The number of aromatic nitrogens is 2. The summed E-state index contributed by atoms with van der Waals surface area (Å²) in [5.41, 5.74) is 1.81. The Morgan fingerprint density at radius 3 is 2.76 bits per heavy atom. The number of aryl methyl sites for hydroxylation is 1. The van der Waals surface area contributed by atoms with Gasteiger partial charge < -0.3 is 14.0 Å². The molecular weight excluding hydrogens is 501 g/mol. The predicted octanol–water partition coefficient (Wildman–Crippen LogP) is 4.57. The smallest absolute Gasteiger partial charge is 0.243 e. The van der Waals surface area contributed by atoms with Gasteiger partial charge in [0.2, 0.25) is 10.0 Å². The van der Waals surface area contributed by atoms with Crippen LogP contribution in [0.2, 0.25) is 5.02 Å². The minimum atomic E-state index is -3.64. The molecule has 0 radical (unpaired) electrons. The zero-order valence-electron chi connectivity index (χ0n) is 18.9. The van der Waals surface area contributed by atoms with Gasteiger partial charge in [0.25, 0.3) is 0 Å². The molecule has 4 rings (SSSR count). The first-order valence-corrected chi connectivity index (χ1v) is 13.9. The quantitative estimate of drug-likeness (QED) is 0.284. The molecule has 11 heteroatoms. The first-order valence-electron chi connectivity index (χ1n) is 11.1. The molecule has 0 atom stereocenters. The molecule has 0 bridgehead atoms. The second-order valence-corrected chi connectivity index (χ2v) is 11.0. The van der Waals surface area contributed by atoms with Gasteiger partial charge >= 0.3 is 0 Å². The summed E-state index contributed by atoms with van der Waals surface area (Å²) in [4.78, 5) is 4.92. The fourth-order valence-corrected chi connectivity index (χ4v) is 6.60.